The third kappa shape index (κ3) is 5.66. The topological polar surface area (TPSA) is 39.7 Å². The van der Waals surface area contributed by atoms with Crippen molar-refractivity contribution in [3.63, 3.8) is 0 Å². The number of hydrogen-bond acceptors (Lipinski definition) is 3. The Kier molecular flexibility index (Phi) is 6.75. The maximum atomic E-state index is 5.24. The zero-order valence-electron chi connectivity index (χ0n) is 14.4. The van der Waals surface area contributed by atoms with Gasteiger partial charge < -0.3 is 10.2 Å². The molecule has 5 heteroatoms. The highest BCUT2D eigenvalue weighted by atomic mass is 32.1. The number of hydrogen-bond donors (Lipinski definition) is 2. The van der Waals surface area contributed by atoms with Crippen LogP contribution in [-0.4, -0.2) is 24.9 Å². The van der Waals surface area contributed by atoms with Crippen LogP contribution in [0.15, 0.2) is 53.6 Å². The molecule has 2 N–H and O–H groups in total. The molecule has 2 aromatic carbocycles. The number of benzene rings is 2. The fourth-order valence-electron chi connectivity index (χ4n) is 2.33. The average Bonchev–Trinajstić information content (AvgIpc) is 2.55. The second-order valence-corrected chi connectivity index (χ2v) is 6.11. The van der Waals surface area contributed by atoms with Crippen molar-refractivity contribution in [1.82, 2.24) is 5.43 Å². The van der Waals surface area contributed by atoms with E-state index >= 15 is 0 Å². The number of nitrogens with zero attached hydrogens (tertiary/aromatic N) is 2. The first-order chi connectivity index (χ1) is 11.6. The molecule has 24 heavy (non-hydrogen) atoms. The van der Waals surface area contributed by atoms with Gasteiger partial charge in [0.15, 0.2) is 5.11 Å². The van der Waals surface area contributed by atoms with Crippen LogP contribution >= 0.6 is 12.2 Å². The van der Waals surface area contributed by atoms with E-state index in [4.69, 9.17) is 12.2 Å². The van der Waals surface area contributed by atoms with E-state index in [9.17, 15) is 0 Å². The van der Waals surface area contributed by atoms with Crippen molar-refractivity contribution < 1.29 is 0 Å². The third-order valence-corrected chi connectivity index (χ3v) is 3.74. The predicted molar refractivity (Wildman–Crippen MR) is 108 cm³/mol. The van der Waals surface area contributed by atoms with E-state index in [1.165, 1.54) is 11.3 Å². The summed E-state index contributed by atoms with van der Waals surface area (Å²) in [5.74, 6) is 0. The van der Waals surface area contributed by atoms with Gasteiger partial charge in [0.2, 0.25) is 0 Å². The molecule has 0 amide bonds. The molecule has 4 nitrogen and oxygen atoms in total. The van der Waals surface area contributed by atoms with Crippen molar-refractivity contribution in [2.75, 3.05) is 23.8 Å². The van der Waals surface area contributed by atoms with E-state index < -0.39 is 0 Å². The smallest absolute Gasteiger partial charge is 0.191 e. The van der Waals surface area contributed by atoms with Crippen molar-refractivity contribution in [1.29, 1.82) is 0 Å². The van der Waals surface area contributed by atoms with E-state index in [0.717, 1.165) is 24.2 Å². The number of anilines is 2. The summed E-state index contributed by atoms with van der Waals surface area (Å²) < 4.78 is 0. The van der Waals surface area contributed by atoms with Crippen molar-refractivity contribution in [2.45, 2.75) is 20.3 Å². The molecule has 0 radical (unpaired) electrons. The molecule has 0 bridgehead atoms. The van der Waals surface area contributed by atoms with Gasteiger partial charge in [-0.15, -0.1) is 0 Å². The van der Waals surface area contributed by atoms with E-state index in [1.807, 2.05) is 43.3 Å². The Hall–Kier alpha value is -2.40. The Labute approximate surface area is 149 Å². The maximum Gasteiger partial charge on any atom is 0.191 e. The van der Waals surface area contributed by atoms with E-state index in [0.29, 0.717) is 5.11 Å². The summed E-state index contributed by atoms with van der Waals surface area (Å²) in [4.78, 5) is 2.24. The van der Waals surface area contributed by atoms with Crippen LogP contribution in [0.1, 0.15) is 24.5 Å². The fourth-order valence-corrected chi connectivity index (χ4v) is 2.50. The van der Waals surface area contributed by atoms with E-state index in [-0.39, 0.29) is 0 Å². The quantitative estimate of drug-likeness (QED) is 0.470. The monoisotopic (exact) mass is 340 g/mol. The minimum absolute atomic E-state index is 0.469. The predicted octanol–water partition coefficient (Wildman–Crippen LogP) is 4.16. The third-order valence-electron chi connectivity index (χ3n) is 3.55. The molecule has 0 aliphatic heterocycles. The first-order valence-electron chi connectivity index (χ1n) is 8.06. The summed E-state index contributed by atoms with van der Waals surface area (Å²) in [6.07, 6.45) is 2.89. The fraction of sp³-hybridized carbons (Fsp3) is 0.263. The number of aryl methyl sites for hydroxylation is 1. The van der Waals surface area contributed by atoms with Crippen LogP contribution in [0.2, 0.25) is 0 Å². The molecule has 0 aromatic heterocycles. The Balaban J connectivity index is 1.86. The summed E-state index contributed by atoms with van der Waals surface area (Å²) in [5, 5.41) is 7.75. The molecule has 0 heterocycles. The second kappa shape index (κ2) is 9.03. The molecule has 2 rings (SSSR count). The Bertz CT molecular complexity index is 695. The Morgan fingerprint density at radius 2 is 1.96 bits per heavy atom. The van der Waals surface area contributed by atoms with Gasteiger partial charge in [-0.05, 0) is 61.0 Å². The zero-order valence-corrected chi connectivity index (χ0v) is 15.2. The van der Waals surface area contributed by atoms with Crippen LogP contribution in [0.25, 0.3) is 0 Å². The molecular weight excluding hydrogens is 316 g/mol. The number of nitrogens with one attached hydrogen (secondary N) is 2. The van der Waals surface area contributed by atoms with Gasteiger partial charge in [0.25, 0.3) is 0 Å². The van der Waals surface area contributed by atoms with Gasteiger partial charge in [-0.2, -0.15) is 5.10 Å². The maximum absolute atomic E-state index is 5.24. The lowest BCUT2D eigenvalue weighted by atomic mass is 10.2. The van der Waals surface area contributed by atoms with Crippen LogP contribution in [0.5, 0.6) is 0 Å². The molecular formula is C19H24N4S. The molecule has 0 saturated carbocycles. The first kappa shape index (κ1) is 17.9. The van der Waals surface area contributed by atoms with Crippen LogP contribution in [0.4, 0.5) is 11.4 Å². The van der Waals surface area contributed by atoms with Gasteiger partial charge >= 0.3 is 0 Å². The number of rotatable bonds is 6. The number of hydrazone groups is 1. The minimum atomic E-state index is 0.469. The average molecular weight is 340 g/mol. The van der Waals surface area contributed by atoms with Gasteiger partial charge in [0.05, 0.1) is 6.21 Å². The minimum Gasteiger partial charge on any atom is -0.375 e. The molecule has 0 fully saturated rings. The van der Waals surface area contributed by atoms with Crippen LogP contribution in [-0.2, 0) is 0 Å². The van der Waals surface area contributed by atoms with Gasteiger partial charge in [0, 0.05) is 25.0 Å². The SMILES string of the molecule is CCCN(C)c1ccc(/C=N\NC(=S)Nc2cccc(C)c2)cc1. The van der Waals surface area contributed by atoms with Crippen molar-refractivity contribution in [3.05, 3.63) is 59.7 Å². The highest BCUT2D eigenvalue weighted by molar-refractivity contribution is 7.80. The van der Waals surface area contributed by atoms with Crippen LogP contribution < -0.4 is 15.6 Å². The normalized spacial score (nSPS) is 10.6. The van der Waals surface area contributed by atoms with Crippen LogP contribution in [0, 0.1) is 6.92 Å². The lowest BCUT2D eigenvalue weighted by Gasteiger charge is -2.18. The highest BCUT2D eigenvalue weighted by Gasteiger charge is 1.99. The number of thiocarbonyl (C=S) groups is 1. The lowest BCUT2D eigenvalue weighted by molar-refractivity contribution is 0.852. The molecule has 2 aromatic rings. The summed E-state index contributed by atoms with van der Waals surface area (Å²) in [5.41, 5.74) is 7.20. The summed E-state index contributed by atoms with van der Waals surface area (Å²) in [6, 6.07) is 16.3. The second-order valence-electron chi connectivity index (χ2n) is 5.71. The molecule has 0 aliphatic carbocycles. The van der Waals surface area contributed by atoms with Crippen LogP contribution in [0.3, 0.4) is 0 Å². The van der Waals surface area contributed by atoms with Gasteiger partial charge in [-0.1, -0.05) is 31.2 Å². The standard InChI is InChI=1S/C19H24N4S/c1-4-12-23(3)18-10-8-16(9-11-18)14-20-22-19(24)21-17-7-5-6-15(2)13-17/h5-11,13-14H,4,12H2,1-3H3,(H2,21,22,24)/b20-14-. The van der Waals surface area contributed by atoms with Gasteiger partial charge in [-0.3, -0.25) is 5.43 Å². The zero-order chi connectivity index (χ0) is 17.4. The Morgan fingerprint density at radius 1 is 1.21 bits per heavy atom. The summed E-state index contributed by atoms with van der Waals surface area (Å²) in [7, 11) is 2.10. The van der Waals surface area contributed by atoms with Gasteiger partial charge in [0.1, 0.15) is 0 Å². The summed E-state index contributed by atoms with van der Waals surface area (Å²) in [6.45, 7) is 5.27. The van der Waals surface area contributed by atoms with E-state index in [2.05, 4.69) is 46.8 Å². The molecule has 126 valence electrons. The molecule has 0 unspecified atom stereocenters. The van der Waals surface area contributed by atoms with Crippen molar-refractivity contribution >= 4 is 34.9 Å². The molecule has 0 aliphatic rings. The Morgan fingerprint density at radius 3 is 2.62 bits per heavy atom. The molecule has 0 saturated heterocycles. The molecule has 0 atom stereocenters. The highest BCUT2D eigenvalue weighted by Crippen LogP contribution is 2.13. The van der Waals surface area contributed by atoms with Crippen molar-refractivity contribution in [3.8, 4) is 0 Å². The van der Waals surface area contributed by atoms with Crippen molar-refractivity contribution in [2.24, 2.45) is 5.10 Å². The first-order valence-corrected chi connectivity index (χ1v) is 8.47. The van der Waals surface area contributed by atoms with Gasteiger partial charge in [-0.25, -0.2) is 0 Å². The lowest BCUT2D eigenvalue weighted by Crippen LogP contribution is -2.23. The largest absolute Gasteiger partial charge is 0.375 e. The van der Waals surface area contributed by atoms with E-state index in [1.54, 1.807) is 6.21 Å². The molecule has 0 spiro atoms. The summed E-state index contributed by atoms with van der Waals surface area (Å²) >= 11 is 5.24.